The number of aromatic nitrogens is 2. The zero-order chi connectivity index (χ0) is 23.8. The largest absolute Gasteiger partial charge is 0.493 e. The number of alkyl halides is 3. The number of anilines is 1. The van der Waals surface area contributed by atoms with E-state index in [2.05, 4.69) is 10.4 Å². The molecule has 1 saturated heterocycles. The molecule has 0 aliphatic carbocycles. The average molecular weight is 468 g/mol. The molecule has 33 heavy (non-hydrogen) atoms. The summed E-state index contributed by atoms with van der Waals surface area (Å²) in [4.78, 5) is 14.8. The van der Waals surface area contributed by atoms with Crippen molar-refractivity contribution >= 4 is 11.7 Å². The number of likely N-dealkylation sites (tertiary alicyclic amines) is 1. The summed E-state index contributed by atoms with van der Waals surface area (Å²) in [5.41, 5.74) is 0.658. The van der Waals surface area contributed by atoms with E-state index in [9.17, 15) is 18.0 Å². The highest BCUT2D eigenvalue weighted by Crippen LogP contribution is 2.47. The van der Waals surface area contributed by atoms with Gasteiger partial charge in [-0.15, -0.1) is 0 Å². The Morgan fingerprint density at radius 1 is 1.06 bits per heavy atom. The molecule has 2 atom stereocenters. The van der Waals surface area contributed by atoms with Crippen LogP contribution >= 0.6 is 0 Å². The van der Waals surface area contributed by atoms with E-state index in [1.165, 1.54) is 27.5 Å². The Hall–Kier alpha value is -3.11. The third-order valence-electron chi connectivity index (χ3n) is 6.20. The number of rotatable bonds is 5. The molecular formula is C22H27F3N4O4. The number of nitrogens with one attached hydrogen (secondary N) is 1. The molecule has 0 saturated carbocycles. The van der Waals surface area contributed by atoms with Crippen LogP contribution in [-0.4, -0.2) is 61.2 Å². The molecule has 1 aromatic carbocycles. The van der Waals surface area contributed by atoms with Crippen molar-refractivity contribution in [1.29, 1.82) is 0 Å². The maximum Gasteiger partial charge on any atom is 0.410 e. The van der Waals surface area contributed by atoms with Gasteiger partial charge in [-0.1, -0.05) is 0 Å². The Labute approximate surface area is 189 Å². The number of halogens is 3. The van der Waals surface area contributed by atoms with E-state index < -0.39 is 18.3 Å². The van der Waals surface area contributed by atoms with Gasteiger partial charge in [-0.25, -0.2) is 4.68 Å². The van der Waals surface area contributed by atoms with Gasteiger partial charge < -0.3 is 24.4 Å². The van der Waals surface area contributed by atoms with E-state index >= 15 is 0 Å². The van der Waals surface area contributed by atoms with Crippen molar-refractivity contribution in [2.45, 2.75) is 43.9 Å². The van der Waals surface area contributed by atoms with Crippen LogP contribution in [-0.2, 0) is 0 Å². The Kier molecular flexibility index (Phi) is 6.31. The second-order valence-corrected chi connectivity index (χ2v) is 8.15. The third-order valence-corrected chi connectivity index (χ3v) is 6.20. The lowest BCUT2D eigenvalue weighted by molar-refractivity contribution is -0.173. The van der Waals surface area contributed by atoms with Crippen LogP contribution in [0.2, 0.25) is 0 Å². The van der Waals surface area contributed by atoms with E-state index in [1.54, 1.807) is 17.0 Å². The van der Waals surface area contributed by atoms with Gasteiger partial charge in [0.1, 0.15) is 11.4 Å². The first-order valence-corrected chi connectivity index (χ1v) is 10.8. The fourth-order valence-corrected chi connectivity index (χ4v) is 4.51. The number of nitrogens with zero attached hydrogens (tertiary/aromatic N) is 3. The normalized spacial score (nSPS) is 20.6. The van der Waals surface area contributed by atoms with E-state index in [1.807, 2.05) is 0 Å². The molecule has 2 aromatic rings. The van der Waals surface area contributed by atoms with Crippen LogP contribution in [0.1, 0.15) is 53.7 Å². The van der Waals surface area contributed by atoms with Gasteiger partial charge in [0.15, 0.2) is 17.5 Å². The summed E-state index contributed by atoms with van der Waals surface area (Å²) in [6.07, 6.45) is -0.839. The van der Waals surface area contributed by atoms with Gasteiger partial charge in [-0.3, -0.25) is 4.79 Å². The van der Waals surface area contributed by atoms with Crippen molar-refractivity contribution in [3.05, 3.63) is 29.5 Å². The molecule has 0 bridgehead atoms. The van der Waals surface area contributed by atoms with Crippen LogP contribution in [0.4, 0.5) is 19.0 Å². The number of benzene rings is 1. The van der Waals surface area contributed by atoms with Gasteiger partial charge in [0.25, 0.3) is 5.91 Å². The minimum atomic E-state index is -4.55. The molecule has 180 valence electrons. The molecule has 0 spiro atoms. The van der Waals surface area contributed by atoms with Gasteiger partial charge in [0.2, 0.25) is 5.75 Å². The maximum atomic E-state index is 14.0. The quantitative estimate of drug-likeness (QED) is 0.709. The topological polar surface area (TPSA) is 77.9 Å². The number of fused-ring (bicyclic) bond motifs is 1. The Morgan fingerprint density at radius 2 is 1.70 bits per heavy atom. The lowest BCUT2D eigenvalue weighted by atomic mass is 9.95. The lowest BCUT2D eigenvalue weighted by Crippen LogP contribution is -2.38. The van der Waals surface area contributed by atoms with Crippen molar-refractivity contribution in [1.82, 2.24) is 14.7 Å². The molecule has 8 nitrogen and oxygen atoms in total. The van der Waals surface area contributed by atoms with Gasteiger partial charge in [-0.05, 0) is 37.0 Å². The minimum Gasteiger partial charge on any atom is -0.493 e. The summed E-state index contributed by atoms with van der Waals surface area (Å²) in [6, 6.07) is 0.582. The third kappa shape index (κ3) is 4.28. The zero-order valence-corrected chi connectivity index (χ0v) is 18.7. The first-order valence-electron chi connectivity index (χ1n) is 10.8. The SMILES string of the molecule is COc1cc([C@H]2C[C@@H](C(F)(F)F)n3ncc(C(=O)N4CCCCC4)c3N2)cc(OC)c1OC. The summed E-state index contributed by atoms with van der Waals surface area (Å²) >= 11 is 0. The second-order valence-electron chi connectivity index (χ2n) is 8.15. The zero-order valence-electron chi connectivity index (χ0n) is 18.7. The van der Waals surface area contributed by atoms with Gasteiger partial charge >= 0.3 is 6.18 Å². The van der Waals surface area contributed by atoms with Crippen LogP contribution in [0.3, 0.4) is 0 Å². The molecule has 1 aromatic heterocycles. The number of methoxy groups -OCH3 is 3. The number of hydrogen-bond acceptors (Lipinski definition) is 6. The molecule has 1 fully saturated rings. The molecule has 3 heterocycles. The minimum absolute atomic E-state index is 0.0675. The summed E-state index contributed by atoms with van der Waals surface area (Å²) < 4.78 is 59.0. The number of carbonyl (C=O) groups excluding carboxylic acids is 1. The number of hydrogen-bond donors (Lipinski definition) is 1. The fourth-order valence-electron chi connectivity index (χ4n) is 4.51. The second kappa shape index (κ2) is 9.03. The van der Waals surface area contributed by atoms with Crippen molar-refractivity contribution in [2.75, 3.05) is 39.7 Å². The number of amides is 1. The summed E-state index contributed by atoms with van der Waals surface area (Å²) in [5, 5.41) is 7.09. The molecule has 0 unspecified atom stereocenters. The van der Waals surface area contributed by atoms with Crippen LogP contribution in [0.5, 0.6) is 17.2 Å². The van der Waals surface area contributed by atoms with Gasteiger partial charge in [0, 0.05) is 19.5 Å². The highest BCUT2D eigenvalue weighted by molar-refractivity contribution is 5.99. The van der Waals surface area contributed by atoms with Crippen LogP contribution < -0.4 is 19.5 Å². The van der Waals surface area contributed by atoms with Gasteiger partial charge in [0.05, 0.1) is 33.6 Å². The highest BCUT2D eigenvalue weighted by atomic mass is 19.4. The molecule has 1 N–H and O–H groups in total. The fraction of sp³-hybridized carbons (Fsp3) is 0.545. The molecule has 4 rings (SSSR count). The number of carbonyl (C=O) groups is 1. The van der Waals surface area contributed by atoms with Crippen molar-refractivity contribution in [3.63, 3.8) is 0 Å². The van der Waals surface area contributed by atoms with E-state index in [4.69, 9.17) is 14.2 Å². The molecule has 2 aliphatic heterocycles. The summed E-state index contributed by atoms with van der Waals surface area (Å²) in [6.45, 7) is 1.17. The molecular weight excluding hydrogens is 441 g/mol. The monoisotopic (exact) mass is 468 g/mol. The Balaban J connectivity index is 1.75. The molecule has 0 radical (unpaired) electrons. The van der Waals surface area contributed by atoms with Crippen molar-refractivity contribution in [3.8, 4) is 17.2 Å². The first-order chi connectivity index (χ1) is 15.8. The molecule has 2 aliphatic rings. The Morgan fingerprint density at radius 3 is 2.24 bits per heavy atom. The van der Waals surface area contributed by atoms with E-state index in [0.717, 1.165) is 23.9 Å². The van der Waals surface area contributed by atoms with Crippen molar-refractivity contribution < 1.29 is 32.2 Å². The predicted molar refractivity (Wildman–Crippen MR) is 114 cm³/mol. The van der Waals surface area contributed by atoms with Crippen molar-refractivity contribution in [2.24, 2.45) is 0 Å². The lowest BCUT2D eigenvalue weighted by Gasteiger charge is -2.35. The first kappa shape index (κ1) is 23.1. The maximum absolute atomic E-state index is 14.0. The molecule has 11 heteroatoms. The van der Waals surface area contributed by atoms with E-state index in [-0.39, 0.29) is 23.7 Å². The number of piperidine rings is 1. The van der Waals surface area contributed by atoms with Crippen LogP contribution in [0.15, 0.2) is 18.3 Å². The smallest absolute Gasteiger partial charge is 0.410 e. The number of ether oxygens (including phenoxy) is 3. The molecule has 1 amide bonds. The van der Waals surface area contributed by atoms with E-state index in [0.29, 0.717) is 35.9 Å². The summed E-state index contributed by atoms with van der Waals surface area (Å²) in [7, 11) is 4.34. The Bertz CT molecular complexity index is 993. The van der Waals surface area contributed by atoms with Gasteiger partial charge in [-0.2, -0.15) is 18.3 Å². The standard InChI is InChI=1S/C22H27F3N4O4/c1-31-16-9-13(10-17(32-2)19(16)33-3)15-11-18(22(23,24)25)29-20(27-15)14(12-26-29)21(30)28-7-5-4-6-8-28/h9-10,12,15,18,27H,4-8,11H2,1-3H3/t15-,18+/m1/s1. The predicted octanol–water partition coefficient (Wildman–Crippen LogP) is 4.20. The average Bonchev–Trinajstić information content (AvgIpc) is 3.25. The summed E-state index contributed by atoms with van der Waals surface area (Å²) in [5.74, 6) is 0.771. The van der Waals surface area contributed by atoms with Crippen LogP contribution in [0.25, 0.3) is 0 Å². The highest BCUT2D eigenvalue weighted by Gasteiger charge is 2.47. The van der Waals surface area contributed by atoms with Crippen LogP contribution in [0, 0.1) is 0 Å².